The smallest absolute Gasteiger partial charge is 0.136 e. The van der Waals surface area contributed by atoms with Crippen molar-refractivity contribution >= 4 is 11.5 Å². The predicted molar refractivity (Wildman–Crippen MR) is 64.2 cm³/mol. The lowest BCUT2D eigenvalue weighted by atomic mass is 10.1. The summed E-state index contributed by atoms with van der Waals surface area (Å²) in [4.78, 5) is 13.5. The number of hydrogen-bond acceptors (Lipinski definition) is 3. The Morgan fingerprint density at radius 1 is 1.25 bits per heavy atom. The number of carbonyl (C=O) groups excluding carboxylic acids is 1. The van der Waals surface area contributed by atoms with Crippen LogP contribution in [0.4, 0.5) is 5.69 Å². The van der Waals surface area contributed by atoms with Gasteiger partial charge in [-0.1, -0.05) is 6.07 Å². The minimum absolute atomic E-state index is 0.372. The number of benzene rings is 1. The topological polar surface area (TPSA) is 29.5 Å². The van der Waals surface area contributed by atoms with Crippen LogP contribution in [0.15, 0.2) is 18.2 Å². The summed E-state index contributed by atoms with van der Waals surface area (Å²) < 4.78 is 5.30. The van der Waals surface area contributed by atoms with Gasteiger partial charge in [0.15, 0.2) is 0 Å². The zero-order valence-corrected chi connectivity index (χ0v) is 9.82. The van der Waals surface area contributed by atoms with Crippen molar-refractivity contribution in [1.29, 1.82) is 0 Å². The lowest BCUT2D eigenvalue weighted by Crippen LogP contribution is -2.34. The number of hydrogen-bond donors (Lipinski definition) is 0. The number of rotatable bonds is 2. The van der Waals surface area contributed by atoms with Crippen LogP contribution in [0.25, 0.3) is 0 Å². The number of anilines is 1. The first-order chi connectivity index (χ1) is 7.72. The van der Waals surface area contributed by atoms with Crippen molar-refractivity contribution < 1.29 is 9.53 Å². The second kappa shape index (κ2) is 4.56. The van der Waals surface area contributed by atoms with Gasteiger partial charge in [0.1, 0.15) is 11.5 Å². The Hall–Kier alpha value is -1.51. The molecule has 0 unspecified atom stereocenters. The highest BCUT2D eigenvalue weighted by Crippen LogP contribution is 2.29. The number of nitrogens with zero attached hydrogens (tertiary/aromatic N) is 1. The molecule has 1 aromatic carbocycles. The zero-order valence-electron chi connectivity index (χ0n) is 9.82. The van der Waals surface area contributed by atoms with Crippen molar-refractivity contribution in [1.82, 2.24) is 0 Å². The molecule has 0 spiro atoms. The first-order valence-electron chi connectivity index (χ1n) is 5.62. The number of ketones is 1. The Kier molecular flexibility index (Phi) is 3.13. The van der Waals surface area contributed by atoms with Crippen LogP contribution < -0.4 is 9.64 Å². The number of Topliss-reactive ketones (excluding diaryl/α,β-unsaturated/α-hetero) is 1. The van der Waals surface area contributed by atoms with E-state index in [9.17, 15) is 4.79 Å². The molecule has 3 nitrogen and oxygen atoms in total. The second-order valence-corrected chi connectivity index (χ2v) is 4.13. The van der Waals surface area contributed by atoms with E-state index < -0.39 is 0 Å². The Labute approximate surface area is 96.0 Å². The van der Waals surface area contributed by atoms with Gasteiger partial charge in [-0.2, -0.15) is 0 Å². The molecular formula is C13H17NO2. The summed E-state index contributed by atoms with van der Waals surface area (Å²) in [6.07, 6.45) is 1.33. The molecular weight excluding hydrogens is 202 g/mol. The third-order valence-corrected chi connectivity index (χ3v) is 3.14. The Balaban J connectivity index is 2.23. The minimum atomic E-state index is 0.372. The van der Waals surface area contributed by atoms with Crippen molar-refractivity contribution in [2.75, 3.05) is 25.1 Å². The molecule has 0 amide bonds. The molecule has 0 radical (unpaired) electrons. The largest absolute Gasteiger partial charge is 0.496 e. The van der Waals surface area contributed by atoms with Crippen LogP contribution in [-0.2, 0) is 4.79 Å². The van der Waals surface area contributed by atoms with Crippen LogP contribution in [0.5, 0.6) is 5.75 Å². The minimum Gasteiger partial charge on any atom is -0.496 e. The average molecular weight is 219 g/mol. The molecule has 1 aliphatic heterocycles. The quantitative estimate of drug-likeness (QED) is 0.763. The van der Waals surface area contributed by atoms with E-state index >= 15 is 0 Å². The van der Waals surface area contributed by atoms with Gasteiger partial charge in [-0.3, -0.25) is 4.79 Å². The predicted octanol–water partition coefficient (Wildman–Crippen LogP) is 2.17. The van der Waals surface area contributed by atoms with E-state index in [0.29, 0.717) is 18.6 Å². The molecule has 2 rings (SSSR count). The average Bonchev–Trinajstić information content (AvgIpc) is 2.31. The van der Waals surface area contributed by atoms with Gasteiger partial charge in [0.25, 0.3) is 0 Å². The first-order valence-corrected chi connectivity index (χ1v) is 5.62. The van der Waals surface area contributed by atoms with E-state index in [-0.39, 0.29) is 0 Å². The molecule has 0 aliphatic carbocycles. The number of ether oxygens (including phenoxy) is 1. The molecule has 0 atom stereocenters. The van der Waals surface area contributed by atoms with Gasteiger partial charge in [0.05, 0.1) is 7.11 Å². The molecule has 0 N–H and O–H groups in total. The summed E-state index contributed by atoms with van der Waals surface area (Å²) in [5, 5.41) is 0. The normalized spacial score (nSPS) is 16.4. The summed E-state index contributed by atoms with van der Waals surface area (Å²) in [5.74, 6) is 1.28. The van der Waals surface area contributed by atoms with Crippen LogP contribution in [0, 0.1) is 6.92 Å². The van der Waals surface area contributed by atoms with E-state index in [1.807, 2.05) is 12.1 Å². The standard InChI is InChI=1S/C13H17NO2/c1-10-12(4-3-5-13(10)16-2)14-8-6-11(15)7-9-14/h3-5H,6-9H2,1-2H3. The van der Waals surface area contributed by atoms with Crippen molar-refractivity contribution in [2.24, 2.45) is 0 Å². The van der Waals surface area contributed by atoms with E-state index in [0.717, 1.165) is 24.4 Å². The zero-order chi connectivity index (χ0) is 11.5. The van der Waals surface area contributed by atoms with Gasteiger partial charge in [-0.15, -0.1) is 0 Å². The molecule has 1 aromatic rings. The third kappa shape index (κ3) is 2.03. The third-order valence-electron chi connectivity index (χ3n) is 3.14. The highest BCUT2D eigenvalue weighted by Gasteiger charge is 2.18. The van der Waals surface area contributed by atoms with Gasteiger partial charge in [-0.05, 0) is 19.1 Å². The molecule has 1 heterocycles. The van der Waals surface area contributed by atoms with E-state index in [1.165, 1.54) is 5.69 Å². The van der Waals surface area contributed by atoms with Crippen molar-refractivity contribution in [3.05, 3.63) is 23.8 Å². The molecule has 0 saturated carbocycles. The molecule has 0 bridgehead atoms. The number of carbonyl (C=O) groups is 1. The molecule has 0 aromatic heterocycles. The van der Waals surface area contributed by atoms with Crippen molar-refractivity contribution in [3.8, 4) is 5.75 Å². The molecule has 86 valence electrons. The van der Waals surface area contributed by atoms with Crippen molar-refractivity contribution in [3.63, 3.8) is 0 Å². The summed E-state index contributed by atoms with van der Waals surface area (Å²) in [6.45, 7) is 3.71. The van der Waals surface area contributed by atoms with Gasteiger partial charge in [0, 0.05) is 37.2 Å². The number of piperidine rings is 1. The van der Waals surface area contributed by atoms with Gasteiger partial charge in [-0.25, -0.2) is 0 Å². The molecule has 16 heavy (non-hydrogen) atoms. The molecule has 3 heteroatoms. The monoisotopic (exact) mass is 219 g/mol. The maximum Gasteiger partial charge on any atom is 0.136 e. The Morgan fingerprint density at radius 3 is 2.56 bits per heavy atom. The molecule has 1 fully saturated rings. The maximum absolute atomic E-state index is 11.2. The summed E-state index contributed by atoms with van der Waals surface area (Å²) in [5.41, 5.74) is 2.34. The van der Waals surface area contributed by atoms with Crippen molar-refractivity contribution in [2.45, 2.75) is 19.8 Å². The van der Waals surface area contributed by atoms with E-state index in [1.54, 1.807) is 7.11 Å². The highest BCUT2D eigenvalue weighted by molar-refractivity contribution is 5.81. The molecule has 1 aliphatic rings. The summed E-state index contributed by atoms with van der Waals surface area (Å²) in [6, 6.07) is 6.05. The molecule has 1 saturated heterocycles. The van der Waals surface area contributed by atoms with E-state index in [4.69, 9.17) is 4.74 Å². The fourth-order valence-electron chi connectivity index (χ4n) is 2.16. The van der Waals surface area contributed by atoms with Crippen LogP contribution in [-0.4, -0.2) is 26.0 Å². The fraction of sp³-hybridized carbons (Fsp3) is 0.462. The van der Waals surface area contributed by atoms with E-state index in [2.05, 4.69) is 17.9 Å². The SMILES string of the molecule is COc1cccc(N2CCC(=O)CC2)c1C. The van der Waals surface area contributed by atoms with Crippen LogP contribution >= 0.6 is 0 Å². The number of methoxy groups -OCH3 is 1. The highest BCUT2D eigenvalue weighted by atomic mass is 16.5. The fourth-order valence-corrected chi connectivity index (χ4v) is 2.16. The van der Waals surface area contributed by atoms with Gasteiger partial charge >= 0.3 is 0 Å². The summed E-state index contributed by atoms with van der Waals surface area (Å²) in [7, 11) is 1.69. The Morgan fingerprint density at radius 2 is 1.94 bits per heavy atom. The van der Waals surface area contributed by atoms with Crippen LogP contribution in [0.2, 0.25) is 0 Å². The lowest BCUT2D eigenvalue weighted by molar-refractivity contribution is -0.119. The van der Waals surface area contributed by atoms with Crippen LogP contribution in [0.3, 0.4) is 0 Å². The lowest BCUT2D eigenvalue weighted by Gasteiger charge is -2.29. The summed E-state index contributed by atoms with van der Waals surface area (Å²) >= 11 is 0. The van der Waals surface area contributed by atoms with Gasteiger partial charge in [0.2, 0.25) is 0 Å². The van der Waals surface area contributed by atoms with Gasteiger partial charge < -0.3 is 9.64 Å². The van der Waals surface area contributed by atoms with Crippen LogP contribution in [0.1, 0.15) is 18.4 Å². The second-order valence-electron chi connectivity index (χ2n) is 4.13. The first kappa shape index (κ1) is 11.0. The Bertz CT molecular complexity index is 391. The maximum atomic E-state index is 11.2.